The topological polar surface area (TPSA) is 42.0 Å². The molecular formula is C13H13BrN2OS. The first-order valence-corrected chi connectivity index (χ1v) is 7.12. The van der Waals surface area contributed by atoms with E-state index >= 15 is 0 Å². The van der Waals surface area contributed by atoms with Crippen molar-refractivity contribution in [1.29, 1.82) is 0 Å². The molecule has 2 heterocycles. The summed E-state index contributed by atoms with van der Waals surface area (Å²) in [6.07, 6.45) is 3.53. The molecule has 0 radical (unpaired) electrons. The average molecular weight is 325 g/mol. The van der Waals surface area contributed by atoms with E-state index in [1.54, 1.807) is 12.4 Å². The van der Waals surface area contributed by atoms with Crippen molar-refractivity contribution in [1.82, 2.24) is 10.3 Å². The second-order valence-electron chi connectivity index (χ2n) is 4.05. The van der Waals surface area contributed by atoms with Crippen LogP contribution in [0.1, 0.15) is 26.4 Å². The summed E-state index contributed by atoms with van der Waals surface area (Å²) in [6.45, 7) is 4.49. The number of thiophene rings is 1. The van der Waals surface area contributed by atoms with Crippen LogP contribution in [0.4, 0.5) is 0 Å². The number of hydrogen-bond acceptors (Lipinski definition) is 3. The van der Waals surface area contributed by atoms with Crippen LogP contribution in [0.25, 0.3) is 0 Å². The zero-order valence-corrected chi connectivity index (χ0v) is 12.6. The maximum atomic E-state index is 12.0. The number of amides is 1. The third-order valence-electron chi connectivity index (χ3n) is 2.67. The van der Waals surface area contributed by atoms with Gasteiger partial charge < -0.3 is 5.32 Å². The molecule has 18 heavy (non-hydrogen) atoms. The van der Waals surface area contributed by atoms with Crippen LogP contribution < -0.4 is 5.32 Å². The van der Waals surface area contributed by atoms with Gasteiger partial charge in [0.25, 0.3) is 5.91 Å². The van der Waals surface area contributed by atoms with Gasteiger partial charge >= 0.3 is 0 Å². The van der Waals surface area contributed by atoms with E-state index in [-0.39, 0.29) is 5.91 Å². The molecule has 1 N–H and O–H groups in total. The van der Waals surface area contributed by atoms with Crippen LogP contribution in [-0.4, -0.2) is 10.9 Å². The molecule has 0 bridgehead atoms. The summed E-state index contributed by atoms with van der Waals surface area (Å²) >= 11 is 4.87. The van der Waals surface area contributed by atoms with Gasteiger partial charge in [0, 0.05) is 18.9 Å². The van der Waals surface area contributed by atoms with Gasteiger partial charge in [-0.2, -0.15) is 0 Å². The zero-order valence-electron chi connectivity index (χ0n) is 10.2. The first-order chi connectivity index (χ1) is 8.58. The van der Waals surface area contributed by atoms with Crippen LogP contribution in [0.3, 0.4) is 0 Å². The molecule has 0 aliphatic rings. The molecule has 0 aliphatic heterocycles. The summed E-state index contributed by atoms with van der Waals surface area (Å²) in [5, 5.41) is 2.91. The number of nitrogens with one attached hydrogen (secondary N) is 1. The molecule has 0 atom stereocenters. The molecule has 5 heteroatoms. The summed E-state index contributed by atoms with van der Waals surface area (Å²) in [7, 11) is 0. The Hall–Kier alpha value is -1.20. The predicted octanol–water partition coefficient (Wildman–Crippen LogP) is 3.45. The van der Waals surface area contributed by atoms with Crippen LogP contribution in [0.2, 0.25) is 0 Å². The number of carbonyl (C=O) groups excluding carboxylic acids is 1. The zero-order chi connectivity index (χ0) is 13.1. The normalized spacial score (nSPS) is 10.4. The van der Waals surface area contributed by atoms with Gasteiger partial charge in [-0.3, -0.25) is 9.78 Å². The maximum Gasteiger partial charge on any atom is 0.261 e. The van der Waals surface area contributed by atoms with Crippen molar-refractivity contribution < 1.29 is 4.79 Å². The first-order valence-electron chi connectivity index (χ1n) is 5.51. The monoisotopic (exact) mass is 324 g/mol. The highest BCUT2D eigenvalue weighted by Gasteiger charge is 2.11. The first kappa shape index (κ1) is 13.2. The minimum atomic E-state index is -0.0444. The minimum absolute atomic E-state index is 0.0444. The van der Waals surface area contributed by atoms with Gasteiger partial charge in [0.05, 0.1) is 8.66 Å². The van der Waals surface area contributed by atoms with Crippen molar-refractivity contribution in [2.75, 3.05) is 0 Å². The Labute approximate surface area is 118 Å². The Morgan fingerprint density at radius 1 is 1.44 bits per heavy atom. The quantitative estimate of drug-likeness (QED) is 0.939. The van der Waals surface area contributed by atoms with Gasteiger partial charge in [-0.25, -0.2) is 0 Å². The second-order valence-corrected chi connectivity index (χ2v) is 6.42. The van der Waals surface area contributed by atoms with Gasteiger partial charge in [0.1, 0.15) is 0 Å². The van der Waals surface area contributed by atoms with E-state index in [0.29, 0.717) is 6.54 Å². The number of rotatable bonds is 3. The van der Waals surface area contributed by atoms with Gasteiger partial charge in [0.2, 0.25) is 0 Å². The molecule has 1 amide bonds. The van der Waals surface area contributed by atoms with E-state index in [2.05, 4.69) is 26.2 Å². The molecular weight excluding hydrogens is 312 g/mol. The number of nitrogens with zero attached hydrogens (tertiary/aromatic N) is 1. The minimum Gasteiger partial charge on any atom is -0.347 e. The van der Waals surface area contributed by atoms with Gasteiger partial charge in [-0.15, -0.1) is 11.3 Å². The molecule has 2 aromatic rings. The second kappa shape index (κ2) is 5.63. The third-order valence-corrected chi connectivity index (χ3v) is 4.80. The van der Waals surface area contributed by atoms with Crippen molar-refractivity contribution in [3.63, 3.8) is 0 Å². The fourth-order valence-corrected chi connectivity index (χ4v) is 2.97. The van der Waals surface area contributed by atoms with Gasteiger partial charge in [-0.05, 0) is 58.6 Å². The van der Waals surface area contributed by atoms with Crippen molar-refractivity contribution in [2.24, 2.45) is 0 Å². The van der Waals surface area contributed by atoms with Crippen molar-refractivity contribution in [3.8, 4) is 0 Å². The largest absolute Gasteiger partial charge is 0.347 e. The lowest BCUT2D eigenvalue weighted by Gasteiger charge is -2.05. The van der Waals surface area contributed by atoms with Gasteiger partial charge in [-0.1, -0.05) is 0 Å². The molecule has 0 fully saturated rings. The molecule has 2 aromatic heterocycles. The van der Waals surface area contributed by atoms with Crippen molar-refractivity contribution in [2.45, 2.75) is 20.4 Å². The highest BCUT2D eigenvalue weighted by atomic mass is 79.9. The van der Waals surface area contributed by atoms with Gasteiger partial charge in [0.15, 0.2) is 0 Å². The van der Waals surface area contributed by atoms with E-state index < -0.39 is 0 Å². The molecule has 0 aromatic carbocycles. The van der Waals surface area contributed by atoms with Crippen LogP contribution in [0.5, 0.6) is 0 Å². The van der Waals surface area contributed by atoms with E-state index in [4.69, 9.17) is 0 Å². The smallest absolute Gasteiger partial charge is 0.261 e. The summed E-state index contributed by atoms with van der Waals surface area (Å²) in [5.41, 5.74) is 3.26. The fraction of sp³-hybridized carbons (Fsp3) is 0.231. The van der Waals surface area contributed by atoms with Crippen molar-refractivity contribution in [3.05, 3.63) is 49.9 Å². The summed E-state index contributed by atoms with van der Waals surface area (Å²) in [5.74, 6) is -0.0444. The van der Waals surface area contributed by atoms with Crippen LogP contribution >= 0.6 is 27.3 Å². The fourth-order valence-electron chi connectivity index (χ4n) is 1.52. The predicted molar refractivity (Wildman–Crippen MR) is 76.9 cm³/mol. The van der Waals surface area contributed by atoms with Crippen LogP contribution in [0, 0.1) is 13.8 Å². The van der Waals surface area contributed by atoms with Crippen LogP contribution in [-0.2, 0) is 6.54 Å². The highest BCUT2D eigenvalue weighted by Crippen LogP contribution is 2.27. The average Bonchev–Trinajstić information content (AvgIpc) is 2.68. The van der Waals surface area contributed by atoms with E-state index in [1.165, 1.54) is 11.3 Å². The molecule has 2 rings (SSSR count). The number of hydrogen-bond donors (Lipinski definition) is 1. The standard InChI is InChI=1S/C13H13BrN2OS/c1-8-3-4-15-6-10(8)7-16-13(17)11-5-9(2)12(14)18-11/h3-6H,7H2,1-2H3,(H,16,17). The van der Waals surface area contributed by atoms with Crippen LogP contribution in [0.15, 0.2) is 28.3 Å². The lowest BCUT2D eigenvalue weighted by molar-refractivity contribution is 0.0955. The molecule has 0 saturated carbocycles. The Bertz CT molecular complexity index is 561. The third kappa shape index (κ3) is 2.97. The molecule has 3 nitrogen and oxygen atoms in total. The van der Waals surface area contributed by atoms with E-state index in [0.717, 1.165) is 25.4 Å². The highest BCUT2D eigenvalue weighted by molar-refractivity contribution is 9.11. The Morgan fingerprint density at radius 3 is 2.83 bits per heavy atom. The molecule has 0 aliphatic carbocycles. The number of aryl methyl sites for hydroxylation is 2. The van der Waals surface area contributed by atoms with E-state index in [9.17, 15) is 4.79 Å². The van der Waals surface area contributed by atoms with Crippen molar-refractivity contribution >= 4 is 33.2 Å². The molecule has 0 spiro atoms. The lowest BCUT2D eigenvalue weighted by Crippen LogP contribution is -2.22. The lowest BCUT2D eigenvalue weighted by atomic mass is 10.1. The molecule has 94 valence electrons. The number of pyridine rings is 1. The molecule has 0 unspecified atom stereocenters. The number of aromatic nitrogens is 1. The number of carbonyl (C=O) groups is 1. The number of halogens is 1. The summed E-state index contributed by atoms with van der Waals surface area (Å²) in [6, 6.07) is 3.83. The SMILES string of the molecule is Cc1ccncc1CNC(=O)c1cc(C)c(Br)s1. The summed E-state index contributed by atoms with van der Waals surface area (Å²) < 4.78 is 1.00. The Balaban J connectivity index is 2.03. The Kier molecular flexibility index (Phi) is 4.14. The molecule has 0 saturated heterocycles. The summed E-state index contributed by atoms with van der Waals surface area (Å²) in [4.78, 5) is 16.7. The van der Waals surface area contributed by atoms with E-state index in [1.807, 2.05) is 26.0 Å². The Morgan fingerprint density at radius 2 is 2.22 bits per heavy atom. The maximum absolute atomic E-state index is 12.0.